The van der Waals surface area contributed by atoms with Gasteiger partial charge in [-0.3, -0.25) is 19.2 Å². The Hall–Kier alpha value is -2.12. The van der Waals surface area contributed by atoms with Gasteiger partial charge in [-0.2, -0.15) is 0 Å². The highest BCUT2D eigenvalue weighted by Crippen LogP contribution is 2.09. The molecular formula is C12H18N2O6. The summed E-state index contributed by atoms with van der Waals surface area (Å²) in [6.07, 6.45) is 1.13. The Morgan fingerprint density at radius 2 is 1.70 bits per heavy atom. The van der Waals surface area contributed by atoms with Crippen LogP contribution < -0.4 is 0 Å². The van der Waals surface area contributed by atoms with Gasteiger partial charge in [-0.15, -0.1) is 0 Å². The van der Waals surface area contributed by atoms with Gasteiger partial charge in [0.2, 0.25) is 11.8 Å². The summed E-state index contributed by atoms with van der Waals surface area (Å²) in [5.41, 5.74) is 0. The molecule has 0 aromatic rings. The second-order valence-corrected chi connectivity index (χ2v) is 4.32. The molecule has 0 N–H and O–H groups in total. The molecule has 1 saturated heterocycles. The van der Waals surface area contributed by atoms with Gasteiger partial charge >= 0.3 is 11.9 Å². The van der Waals surface area contributed by atoms with Gasteiger partial charge in [0.15, 0.2) is 0 Å². The highest BCUT2D eigenvalue weighted by atomic mass is 16.5. The summed E-state index contributed by atoms with van der Waals surface area (Å²) < 4.78 is 8.94. The minimum Gasteiger partial charge on any atom is -0.468 e. The molecule has 0 radical (unpaired) electrons. The first-order valence-corrected chi connectivity index (χ1v) is 6.17. The topological polar surface area (TPSA) is 93.2 Å². The normalized spacial score (nSPS) is 14.1. The van der Waals surface area contributed by atoms with E-state index in [1.807, 2.05) is 0 Å². The average molecular weight is 286 g/mol. The minimum atomic E-state index is -0.644. The average Bonchev–Trinajstić information content (AvgIpc) is 2.82. The second-order valence-electron chi connectivity index (χ2n) is 4.32. The largest absolute Gasteiger partial charge is 0.468 e. The number of rotatable bonds is 6. The van der Waals surface area contributed by atoms with E-state index < -0.39 is 17.8 Å². The Kier molecular flexibility index (Phi) is 5.95. The predicted molar refractivity (Wildman–Crippen MR) is 66.4 cm³/mol. The zero-order valence-corrected chi connectivity index (χ0v) is 11.6. The SMILES string of the molecule is COC(=O)CN(CC(=O)OC)C(=O)CN1CCCC1=O. The molecule has 1 aliphatic heterocycles. The van der Waals surface area contributed by atoms with Crippen molar-refractivity contribution in [1.29, 1.82) is 0 Å². The number of amides is 2. The summed E-state index contributed by atoms with van der Waals surface area (Å²) in [5, 5.41) is 0. The van der Waals surface area contributed by atoms with E-state index in [2.05, 4.69) is 9.47 Å². The van der Waals surface area contributed by atoms with Crippen LogP contribution in [0.3, 0.4) is 0 Å². The molecule has 0 saturated carbocycles. The van der Waals surface area contributed by atoms with Crippen LogP contribution in [-0.4, -0.2) is 74.0 Å². The monoisotopic (exact) mass is 286 g/mol. The van der Waals surface area contributed by atoms with Crippen LogP contribution in [0.4, 0.5) is 0 Å². The van der Waals surface area contributed by atoms with E-state index in [-0.39, 0.29) is 25.5 Å². The van der Waals surface area contributed by atoms with Gasteiger partial charge in [-0.1, -0.05) is 0 Å². The number of nitrogens with zero attached hydrogens (tertiary/aromatic N) is 2. The molecule has 8 nitrogen and oxygen atoms in total. The number of ether oxygens (including phenoxy) is 2. The van der Waals surface area contributed by atoms with Crippen molar-refractivity contribution in [2.24, 2.45) is 0 Å². The predicted octanol–water partition coefficient (Wildman–Crippen LogP) is -1.22. The molecule has 1 heterocycles. The van der Waals surface area contributed by atoms with E-state index in [9.17, 15) is 19.2 Å². The second kappa shape index (κ2) is 7.46. The maximum atomic E-state index is 12.1. The van der Waals surface area contributed by atoms with Crippen LogP contribution in [0.2, 0.25) is 0 Å². The van der Waals surface area contributed by atoms with Gasteiger partial charge < -0.3 is 19.3 Å². The molecule has 112 valence electrons. The zero-order chi connectivity index (χ0) is 15.1. The van der Waals surface area contributed by atoms with Crippen LogP contribution in [0, 0.1) is 0 Å². The van der Waals surface area contributed by atoms with Crippen molar-refractivity contribution >= 4 is 23.8 Å². The van der Waals surface area contributed by atoms with Crippen molar-refractivity contribution in [3.8, 4) is 0 Å². The van der Waals surface area contributed by atoms with Crippen molar-refractivity contribution < 1.29 is 28.7 Å². The van der Waals surface area contributed by atoms with Gasteiger partial charge in [0, 0.05) is 13.0 Å². The number of carbonyl (C=O) groups excluding carboxylic acids is 4. The summed E-state index contributed by atoms with van der Waals surface area (Å²) in [6.45, 7) is -0.347. The molecule has 0 bridgehead atoms. The number of methoxy groups -OCH3 is 2. The van der Waals surface area contributed by atoms with Crippen molar-refractivity contribution in [2.75, 3.05) is 40.4 Å². The number of likely N-dealkylation sites (tertiary alicyclic amines) is 1. The van der Waals surface area contributed by atoms with E-state index in [0.29, 0.717) is 19.4 Å². The first-order chi connectivity index (χ1) is 9.47. The standard InChI is InChI=1S/C12H18N2O6/c1-19-11(17)7-14(8-12(18)20-2)10(16)6-13-5-3-4-9(13)15/h3-8H2,1-2H3. The molecule has 2 amide bonds. The van der Waals surface area contributed by atoms with Gasteiger partial charge in [-0.25, -0.2) is 0 Å². The molecule has 0 unspecified atom stereocenters. The fourth-order valence-corrected chi connectivity index (χ4v) is 1.81. The maximum Gasteiger partial charge on any atom is 0.325 e. The number of hydrogen-bond donors (Lipinski definition) is 0. The molecular weight excluding hydrogens is 268 g/mol. The Bertz CT molecular complexity index is 391. The lowest BCUT2D eigenvalue weighted by Gasteiger charge is -2.23. The highest BCUT2D eigenvalue weighted by Gasteiger charge is 2.27. The Labute approximate surface area is 116 Å². The Balaban J connectivity index is 2.64. The van der Waals surface area contributed by atoms with E-state index in [1.54, 1.807) is 0 Å². The molecule has 1 aliphatic rings. The van der Waals surface area contributed by atoms with Crippen LogP contribution in [0.1, 0.15) is 12.8 Å². The fraction of sp³-hybridized carbons (Fsp3) is 0.667. The lowest BCUT2D eigenvalue weighted by molar-refractivity contribution is -0.152. The summed E-state index contributed by atoms with van der Waals surface area (Å²) in [7, 11) is 2.38. The van der Waals surface area contributed by atoms with Crippen LogP contribution in [0.15, 0.2) is 0 Å². The Morgan fingerprint density at radius 1 is 1.15 bits per heavy atom. The van der Waals surface area contributed by atoms with Crippen LogP contribution in [0.25, 0.3) is 0 Å². The van der Waals surface area contributed by atoms with Crippen molar-refractivity contribution in [1.82, 2.24) is 9.80 Å². The van der Waals surface area contributed by atoms with E-state index in [0.717, 1.165) is 4.90 Å². The summed E-state index contributed by atoms with van der Waals surface area (Å²) in [4.78, 5) is 48.4. The first-order valence-electron chi connectivity index (χ1n) is 6.17. The fourth-order valence-electron chi connectivity index (χ4n) is 1.81. The Morgan fingerprint density at radius 3 is 2.10 bits per heavy atom. The van der Waals surface area contributed by atoms with Crippen molar-refractivity contribution in [3.63, 3.8) is 0 Å². The molecule has 0 aliphatic carbocycles. The third kappa shape index (κ3) is 4.52. The molecule has 8 heteroatoms. The quantitative estimate of drug-likeness (QED) is 0.568. The van der Waals surface area contributed by atoms with E-state index in [1.165, 1.54) is 19.1 Å². The van der Waals surface area contributed by atoms with Gasteiger partial charge in [0.25, 0.3) is 0 Å². The highest BCUT2D eigenvalue weighted by molar-refractivity contribution is 5.90. The summed E-state index contributed by atoms with van der Waals surface area (Å²) in [6, 6.07) is 0. The molecule has 0 spiro atoms. The van der Waals surface area contributed by atoms with E-state index in [4.69, 9.17) is 0 Å². The lowest BCUT2D eigenvalue weighted by atomic mass is 10.4. The van der Waals surface area contributed by atoms with Gasteiger partial charge in [-0.05, 0) is 6.42 Å². The summed E-state index contributed by atoms with van der Waals surface area (Å²) in [5.74, 6) is -1.88. The third-order valence-electron chi connectivity index (χ3n) is 2.95. The number of esters is 2. The third-order valence-corrected chi connectivity index (χ3v) is 2.95. The molecule has 0 atom stereocenters. The lowest BCUT2D eigenvalue weighted by Crippen LogP contribution is -2.45. The molecule has 1 fully saturated rings. The summed E-state index contributed by atoms with van der Waals surface area (Å²) >= 11 is 0. The molecule has 0 aromatic carbocycles. The number of hydrogen-bond acceptors (Lipinski definition) is 6. The van der Waals surface area contributed by atoms with Crippen LogP contribution in [-0.2, 0) is 28.7 Å². The zero-order valence-electron chi connectivity index (χ0n) is 11.6. The van der Waals surface area contributed by atoms with Crippen molar-refractivity contribution in [3.05, 3.63) is 0 Å². The van der Waals surface area contributed by atoms with Gasteiger partial charge in [0.05, 0.1) is 20.8 Å². The van der Waals surface area contributed by atoms with E-state index >= 15 is 0 Å². The van der Waals surface area contributed by atoms with Crippen LogP contribution >= 0.6 is 0 Å². The smallest absolute Gasteiger partial charge is 0.325 e. The number of carbonyl (C=O) groups is 4. The van der Waals surface area contributed by atoms with Gasteiger partial charge in [0.1, 0.15) is 13.1 Å². The molecule has 1 rings (SSSR count). The van der Waals surface area contributed by atoms with Crippen LogP contribution in [0.5, 0.6) is 0 Å². The minimum absolute atomic E-state index is 0.102. The first kappa shape index (κ1) is 15.9. The maximum absolute atomic E-state index is 12.1. The van der Waals surface area contributed by atoms with Crippen molar-refractivity contribution in [2.45, 2.75) is 12.8 Å². The molecule has 20 heavy (non-hydrogen) atoms. The molecule has 0 aromatic heterocycles.